The zero-order valence-electron chi connectivity index (χ0n) is 7.31. The number of hydrogen-bond donors (Lipinski definition) is 1. The topological polar surface area (TPSA) is 12.0 Å². The summed E-state index contributed by atoms with van der Waals surface area (Å²) >= 11 is 2.43. The Morgan fingerprint density at radius 1 is 1.58 bits per heavy atom. The van der Waals surface area contributed by atoms with Gasteiger partial charge in [-0.1, -0.05) is 47.4 Å². The molecular formula is C10H14IN. The maximum atomic E-state index is 3.71. The highest BCUT2D eigenvalue weighted by Gasteiger charge is 2.15. The van der Waals surface area contributed by atoms with Gasteiger partial charge in [0.2, 0.25) is 0 Å². The molecule has 12 heavy (non-hydrogen) atoms. The molecule has 1 rings (SSSR count). The smallest absolute Gasteiger partial charge is 0.0637 e. The molecule has 0 amide bonds. The predicted octanol–water partition coefficient (Wildman–Crippen LogP) is 2.80. The van der Waals surface area contributed by atoms with Crippen LogP contribution in [0.1, 0.15) is 13.3 Å². The van der Waals surface area contributed by atoms with E-state index in [4.69, 9.17) is 0 Å². The molecule has 0 aromatic rings. The first-order chi connectivity index (χ1) is 5.77. The fraction of sp³-hybridized carbons (Fsp3) is 0.400. The quantitative estimate of drug-likeness (QED) is 0.441. The summed E-state index contributed by atoms with van der Waals surface area (Å²) in [6, 6.07) is 0. The third-order valence-electron chi connectivity index (χ3n) is 1.99. The van der Waals surface area contributed by atoms with Gasteiger partial charge in [0.25, 0.3) is 0 Å². The number of hydrogen-bond acceptors (Lipinski definition) is 1. The van der Waals surface area contributed by atoms with Crippen LogP contribution < -0.4 is 5.32 Å². The van der Waals surface area contributed by atoms with Crippen molar-refractivity contribution in [1.82, 2.24) is 5.32 Å². The van der Waals surface area contributed by atoms with E-state index in [1.54, 1.807) is 0 Å². The highest BCUT2D eigenvalue weighted by molar-refractivity contribution is 14.1. The number of nitrogens with one attached hydrogen (secondary N) is 1. The lowest BCUT2D eigenvalue weighted by atomic mass is 9.99. The Hall–Kier alpha value is -0.0900. The summed E-state index contributed by atoms with van der Waals surface area (Å²) in [6.45, 7) is 6.78. The van der Waals surface area contributed by atoms with Gasteiger partial charge in [-0.05, 0) is 24.5 Å². The minimum absolute atomic E-state index is 0.579. The van der Waals surface area contributed by atoms with Crippen molar-refractivity contribution in [2.45, 2.75) is 17.4 Å². The summed E-state index contributed by atoms with van der Waals surface area (Å²) in [4.78, 5) is 0. The Kier molecular flexibility index (Phi) is 4.01. The van der Waals surface area contributed by atoms with Gasteiger partial charge >= 0.3 is 0 Å². The molecule has 0 aromatic heterocycles. The molecule has 1 heterocycles. The summed E-state index contributed by atoms with van der Waals surface area (Å²) in [6.07, 6.45) is 7.26. The lowest BCUT2D eigenvalue weighted by Crippen LogP contribution is -2.31. The first kappa shape index (κ1) is 9.99. The van der Waals surface area contributed by atoms with E-state index < -0.39 is 0 Å². The summed E-state index contributed by atoms with van der Waals surface area (Å²) in [5.74, 6) is 0. The zero-order valence-corrected chi connectivity index (χ0v) is 9.47. The van der Waals surface area contributed by atoms with E-state index in [2.05, 4.69) is 53.6 Å². The van der Waals surface area contributed by atoms with Gasteiger partial charge in [0, 0.05) is 6.54 Å². The van der Waals surface area contributed by atoms with Crippen molar-refractivity contribution in [1.29, 1.82) is 0 Å². The van der Waals surface area contributed by atoms with E-state index in [-0.39, 0.29) is 0 Å². The first-order valence-corrected chi connectivity index (χ1v) is 5.37. The Morgan fingerprint density at radius 3 is 2.92 bits per heavy atom. The van der Waals surface area contributed by atoms with Crippen molar-refractivity contribution in [3.63, 3.8) is 0 Å². The van der Waals surface area contributed by atoms with Gasteiger partial charge in [0.05, 0.1) is 4.05 Å². The Labute approximate surface area is 87.8 Å². The molecule has 2 heteroatoms. The zero-order chi connectivity index (χ0) is 8.97. The second-order valence-corrected chi connectivity index (χ2v) is 4.30. The molecule has 0 bridgehead atoms. The van der Waals surface area contributed by atoms with Crippen molar-refractivity contribution in [3.05, 3.63) is 36.0 Å². The van der Waals surface area contributed by atoms with Crippen LogP contribution in [-0.2, 0) is 0 Å². The van der Waals surface area contributed by atoms with Crippen LogP contribution in [0.25, 0.3) is 0 Å². The lowest BCUT2D eigenvalue weighted by Gasteiger charge is -2.23. The molecule has 1 atom stereocenters. The van der Waals surface area contributed by atoms with E-state index in [0.29, 0.717) is 4.05 Å². The van der Waals surface area contributed by atoms with Crippen molar-refractivity contribution < 1.29 is 0 Å². The number of rotatable bonds is 1. The molecule has 0 radical (unpaired) electrons. The van der Waals surface area contributed by atoms with Crippen molar-refractivity contribution in [2.24, 2.45) is 0 Å². The van der Waals surface area contributed by atoms with Gasteiger partial charge in [0.1, 0.15) is 0 Å². The highest BCUT2D eigenvalue weighted by atomic mass is 127. The average molecular weight is 275 g/mol. The monoisotopic (exact) mass is 275 g/mol. The van der Waals surface area contributed by atoms with E-state index in [1.807, 2.05) is 6.08 Å². The van der Waals surface area contributed by atoms with Gasteiger partial charge in [-0.25, -0.2) is 0 Å². The van der Waals surface area contributed by atoms with Crippen molar-refractivity contribution in [2.75, 3.05) is 6.54 Å². The van der Waals surface area contributed by atoms with Gasteiger partial charge in [-0.2, -0.15) is 0 Å². The summed E-state index contributed by atoms with van der Waals surface area (Å²) in [5, 5.41) is 3.41. The third-order valence-corrected chi connectivity index (χ3v) is 2.87. The van der Waals surface area contributed by atoms with E-state index in [0.717, 1.165) is 13.0 Å². The fourth-order valence-corrected chi connectivity index (χ4v) is 2.04. The van der Waals surface area contributed by atoms with Crippen LogP contribution in [-0.4, -0.2) is 10.6 Å². The first-order valence-electron chi connectivity index (χ1n) is 4.12. The predicted molar refractivity (Wildman–Crippen MR) is 62.5 cm³/mol. The van der Waals surface area contributed by atoms with E-state index in [1.165, 1.54) is 11.1 Å². The molecule has 0 aromatic carbocycles. The Morgan fingerprint density at radius 2 is 2.33 bits per heavy atom. The van der Waals surface area contributed by atoms with Crippen LogP contribution in [0.15, 0.2) is 36.0 Å². The minimum Gasteiger partial charge on any atom is -0.301 e. The Bertz CT molecular complexity index is 228. The molecule has 1 N–H and O–H groups in total. The standard InChI is InChI=1S/C10H14IN/c1-3-5-9-7-12-10(11)6-8(9)4-2/h3-5,10,12H,1,6-7H2,2H3/b8-4-,9-5-. The van der Waals surface area contributed by atoms with Gasteiger partial charge < -0.3 is 5.32 Å². The van der Waals surface area contributed by atoms with Crippen LogP contribution in [0.2, 0.25) is 0 Å². The largest absolute Gasteiger partial charge is 0.301 e. The fourth-order valence-electron chi connectivity index (χ4n) is 1.34. The molecule has 1 aliphatic rings. The lowest BCUT2D eigenvalue weighted by molar-refractivity contribution is 0.660. The molecule has 1 nitrogen and oxygen atoms in total. The van der Waals surface area contributed by atoms with E-state index in [9.17, 15) is 0 Å². The normalized spacial score (nSPS) is 31.0. The summed E-state index contributed by atoms with van der Waals surface area (Å²) in [7, 11) is 0. The van der Waals surface area contributed by atoms with Crippen LogP contribution in [0.3, 0.4) is 0 Å². The molecular weight excluding hydrogens is 261 g/mol. The summed E-state index contributed by atoms with van der Waals surface area (Å²) in [5.41, 5.74) is 2.83. The molecule has 1 fully saturated rings. The maximum absolute atomic E-state index is 3.71. The van der Waals surface area contributed by atoms with Crippen molar-refractivity contribution in [3.8, 4) is 0 Å². The van der Waals surface area contributed by atoms with Gasteiger partial charge in [0.15, 0.2) is 0 Å². The van der Waals surface area contributed by atoms with Gasteiger partial charge in [-0.3, -0.25) is 0 Å². The number of allylic oxidation sites excluding steroid dienone is 3. The third kappa shape index (κ3) is 2.45. The number of piperidine rings is 1. The van der Waals surface area contributed by atoms with Gasteiger partial charge in [-0.15, -0.1) is 0 Å². The summed E-state index contributed by atoms with van der Waals surface area (Å²) < 4.78 is 0.579. The van der Waals surface area contributed by atoms with Crippen LogP contribution in [0, 0.1) is 0 Å². The second kappa shape index (κ2) is 4.82. The highest BCUT2D eigenvalue weighted by Crippen LogP contribution is 2.23. The van der Waals surface area contributed by atoms with Crippen LogP contribution in [0.4, 0.5) is 0 Å². The second-order valence-electron chi connectivity index (χ2n) is 2.79. The van der Waals surface area contributed by atoms with Crippen LogP contribution >= 0.6 is 22.6 Å². The maximum Gasteiger partial charge on any atom is 0.0637 e. The molecule has 1 aliphatic heterocycles. The van der Waals surface area contributed by atoms with Crippen molar-refractivity contribution >= 4 is 22.6 Å². The SMILES string of the molecule is C=C/C=C1/CNC(I)C/C1=C/C. The average Bonchev–Trinajstić information content (AvgIpc) is 2.08. The molecule has 0 spiro atoms. The van der Waals surface area contributed by atoms with E-state index >= 15 is 0 Å². The Balaban J connectivity index is 2.76. The molecule has 1 unspecified atom stereocenters. The molecule has 0 aliphatic carbocycles. The van der Waals surface area contributed by atoms with Crippen LogP contribution in [0.5, 0.6) is 0 Å². The number of alkyl halides is 1. The molecule has 66 valence electrons. The minimum atomic E-state index is 0.579. The molecule has 1 saturated heterocycles. The molecule has 0 saturated carbocycles. The number of halogens is 1.